The molecule has 1 aliphatic heterocycles. The van der Waals surface area contributed by atoms with Crippen LogP contribution < -0.4 is 15.0 Å². The quantitative estimate of drug-likeness (QED) is 0.724. The summed E-state index contributed by atoms with van der Waals surface area (Å²) in [6.45, 7) is 0.528. The maximum Gasteiger partial charge on any atom is 0.435 e. The maximum atomic E-state index is 13.0. The van der Waals surface area contributed by atoms with Crippen molar-refractivity contribution in [3.05, 3.63) is 41.7 Å². The largest absolute Gasteiger partial charge is 0.497 e. The second-order valence-corrected chi connectivity index (χ2v) is 7.85. The minimum atomic E-state index is -4.49. The summed E-state index contributed by atoms with van der Waals surface area (Å²) in [5, 5.41) is 6.42. The molecule has 2 amide bonds. The van der Waals surface area contributed by atoms with Crippen molar-refractivity contribution in [3.63, 3.8) is 0 Å². The number of anilines is 1. The fourth-order valence-corrected chi connectivity index (χ4v) is 3.80. The lowest BCUT2D eigenvalue weighted by Crippen LogP contribution is -2.35. The molecule has 1 N–H and O–H groups in total. The fourth-order valence-electron chi connectivity index (χ4n) is 3.80. The highest BCUT2D eigenvalue weighted by atomic mass is 19.4. The molecule has 1 saturated heterocycles. The van der Waals surface area contributed by atoms with Crippen LogP contribution in [0.4, 0.5) is 18.9 Å². The molecule has 166 valence electrons. The Balaban J connectivity index is 1.34. The van der Waals surface area contributed by atoms with E-state index in [1.54, 1.807) is 29.2 Å². The van der Waals surface area contributed by atoms with Crippen LogP contribution in [-0.4, -0.2) is 41.8 Å². The predicted molar refractivity (Wildman–Crippen MR) is 106 cm³/mol. The average Bonchev–Trinajstić information content (AvgIpc) is 3.36. The Labute approximate surface area is 177 Å². The molecule has 2 fully saturated rings. The van der Waals surface area contributed by atoms with Gasteiger partial charge in [0.2, 0.25) is 11.8 Å². The zero-order valence-electron chi connectivity index (χ0n) is 17.0. The summed E-state index contributed by atoms with van der Waals surface area (Å²) < 4.78 is 45.5. The van der Waals surface area contributed by atoms with Crippen molar-refractivity contribution in [1.82, 2.24) is 15.1 Å². The number of aromatic nitrogens is 2. The number of benzene rings is 1. The van der Waals surface area contributed by atoms with E-state index < -0.39 is 17.8 Å². The molecule has 0 spiro atoms. The second-order valence-electron chi connectivity index (χ2n) is 7.85. The number of nitrogens with zero attached hydrogens (tertiary/aromatic N) is 3. The van der Waals surface area contributed by atoms with Crippen molar-refractivity contribution in [2.24, 2.45) is 5.92 Å². The standard InChI is InChI=1S/C21H23F3N4O3/c1-31-16-4-2-3-15(10-16)27-12-14(9-19(27)29)20(30)25-7-8-28-17(13-5-6-13)11-18(26-28)21(22,23)24/h2-4,10-11,13-14H,5-9,12H2,1H3,(H,25,30)/t14-/m0/s1. The molecule has 0 bridgehead atoms. The van der Waals surface area contributed by atoms with Gasteiger partial charge in [0.25, 0.3) is 0 Å². The molecule has 0 unspecified atom stereocenters. The molecule has 1 aliphatic carbocycles. The van der Waals surface area contributed by atoms with Gasteiger partial charge in [-0.3, -0.25) is 14.3 Å². The Morgan fingerprint density at radius 1 is 1.29 bits per heavy atom. The summed E-state index contributed by atoms with van der Waals surface area (Å²) in [5.41, 5.74) is 0.308. The maximum absolute atomic E-state index is 13.0. The molecule has 1 aromatic heterocycles. The second kappa shape index (κ2) is 8.24. The summed E-state index contributed by atoms with van der Waals surface area (Å²) in [6.07, 6.45) is -2.72. The van der Waals surface area contributed by atoms with E-state index in [1.807, 2.05) is 0 Å². The van der Waals surface area contributed by atoms with Crippen LogP contribution in [0.15, 0.2) is 30.3 Å². The number of carbonyl (C=O) groups excluding carboxylic acids is 2. The molecule has 2 aromatic rings. The van der Waals surface area contributed by atoms with Crippen LogP contribution in [0, 0.1) is 5.92 Å². The Bertz CT molecular complexity index is 984. The minimum Gasteiger partial charge on any atom is -0.497 e. The zero-order valence-corrected chi connectivity index (χ0v) is 17.0. The van der Waals surface area contributed by atoms with Crippen molar-refractivity contribution >= 4 is 17.5 Å². The Morgan fingerprint density at radius 2 is 2.06 bits per heavy atom. The van der Waals surface area contributed by atoms with E-state index in [2.05, 4.69) is 10.4 Å². The lowest BCUT2D eigenvalue weighted by atomic mass is 10.1. The molecular weight excluding hydrogens is 413 g/mol. The summed E-state index contributed by atoms with van der Waals surface area (Å²) in [6, 6.07) is 8.14. The molecule has 10 heteroatoms. The third kappa shape index (κ3) is 4.67. The van der Waals surface area contributed by atoms with Gasteiger partial charge in [-0.05, 0) is 31.0 Å². The van der Waals surface area contributed by atoms with Crippen molar-refractivity contribution in [2.45, 2.75) is 37.9 Å². The van der Waals surface area contributed by atoms with Crippen LogP contribution in [0.25, 0.3) is 0 Å². The van der Waals surface area contributed by atoms with Gasteiger partial charge in [0.1, 0.15) is 5.75 Å². The summed E-state index contributed by atoms with van der Waals surface area (Å²) in [4.78, 5) is 26.5. The van der Waals surface area contributed by atoms with Crippen molar-refractivity contribution in [1.29, 1.82) is 0 Å². The molecule has 1 saturated carbocycles. The lowest BCUT2D eigenvalue weighted by molar-refractivity contribution is -0.141. The number of ether oxygens (including phenoxy) is 1. The summed E-state index contributed by atoms with van der Waals surface area (Å²) in [7, 11) is 1.53. The number of hydrogen-bond donors (Lipinski definition) is 1. The van der Waals surface area contributed by atoms with Gasteiger partial charge in [-0.15, -0.1) is 0 Å². The van der Waals surface area contributed by atoms with Crippen LogP contribution in [0.3, 0.4) is 0 Å². The SMILES string of the molecule is COc1cccc(N2C[C@@H](C(=O)NCCn3nc(C(F)(F)F)cc3C3CC3)CC2=O)c1. The predicted octanol–water partition coefficient (Wildman–Crippen LogP) is 2.96. The van der Waals surface area contributed by atoms with E-state index in [0.29, 0.717) is 17.1 Å². The zero-order chi connectivity index (χ0) is 22.2. The lowest BCUT2D eigenvalue weighted by Gasteiger charge is -2.17. The van der Waals surface area contributed by atoms with Crippen molar-refractivity contribution in [3.8, 4) is 5.75 Å². The number of alkyl halides is 3. The molecule has 2 aliphatic rings. The molecule has 1 aromatic carbocycles. The molecular formula is C21H23F3N4O3. The van der Waals surface area contributed by atoms with Gasteiger partial charge in [-0.25, -0.2) is 0 Å². The highest BCUT2D eigenvalue weighted by Crippen LogP contribution is 2.42. The topological polar surface area (TPSA) is 76.5 Å². The van der Waals surface area contributed by atoms with Crippen LogP contribution in [-0.2, 0) is 22.3 Å². The number of methoxy groups -OCH3 is 1. The van der Waals surface area contributed by atoms with Gasteiger partial charge in [0.15, 0.2) is 5.69 Å². The number of nitrogens with one attached hydrogen (secondary N) is 1. The van der Waals surface area contributed by atoms with Crippen LogP contribution in [0.2, 0.25) is 0 Å². The molecule has 2 heterocycles. The van der Waals surface area contributed by atoms with Gasteiger partial charge < -0.3 is 15.0 Å². The smallest absolute Gasteiger partial charge is 0.435 e. The van der Waals surface area contributed by atoms with E-state index in [9.17, 15) is 22.8 Å². The van der Waals surface area contributed by atoms with Crippen LogP contribution in [0.5, 0.6) is 5.75 Å². The van der Waals surface area contributed by atoms with E-state index in [4.69, 9.17) is 4.74 Å². The van der Waals surface area contributed by atoms with E-state index in [-0.39, 0.29) is 43.8 Å². The van der Waals surface area contributed by atoms with Crippen molar-refractivity contribution < 1.29 is 27.5 Å². The number of carbonyl (C=O) groups is 2. The first-order chi connectivity index (χ1) is 14.8. The van der Waals surface area contributed by atoms with Crippen LogP contribution in [0.1, 0.15) is 36.6 Å². The first-order valence-corrected chi connectivity index (χ1v) is 10.1. The fraction of sp³-hybridized carbons (Fsp3) is 0.476. The first kappa shape index (κ1) is 21.2. The molecule has 4 rings (SSSR count). The van der Waals surface area contributed by atoms with Gasteiger partial charge >= 0.3 is 6.18 Å². The Hall–Kier alpha value is -3.04. The number of amides is 2. The minimum absolute atomic E-state index is 0.0797. The third-order valence-electron chi connectivity index (χ3n) is 5.58. The van der Waals surface area contributed by atoms with E-state index in [1.165, 1.54) is 11.8 Å². The molecule has 0 radical (unpaired) electrons. The van der Waals surface area contributed by atoms with Crippen LogP contribution >= 0.6 is 0 Å². The first-order valence-electron chi connectivity index (χ1n) is 10.1. The summed E-state index contributed by atoms with van der Waals surface area (Å²) >= 11 is 0. The number of rotatable bonds is 7. The number of halogens is 3. The third-order valence-corrected chi connectivity index (χ3v) is 5.58. The van der Waals surface area contributed by atoms with Gasteiger partial charge in [-0.1, -0.05) is 6.07 Å². The van der Waals surface area contributed by atoms with Gasteiger partial charge in [0, 0.05) is 42.9 Å². The number of hydrogen-bond acceptors (Lipinski definition) is 4. The van der Waals surface area contributed by atoms with E-state index in [0.717, 1.165) is 18.9 Å². The van der Waals surface area contributed by atoms with Gasteiger partial charge in [-0.2, -0.15) is 18.3 Å². The van der Waals surface area contributed by atoms with Gasteiger partial charge in [0.05, 0.1) is 19.6 Å². The molecule has 31 heavy (non-hydrogen) atoms. The van der Waals surface area contributed by atoms with E-state index >= 15 is 0 Å². The Morgan fingerprint density at radius 3 is 2.74 bits per heavy atom. The molecule has 7 nitrogen and oxygen atoms in total. The highest BCUT2D eigenvalue weighted by Gasteiger charge is 2.38. The normalized spacial score (nSPS) is 19.0. The Kier molecular flexibility index (Phi) is 5.63. The van der Waals surface area contributed by atoms with Crippen molar-refractivity contribution in [2.75, 3.05) is 25.1 Å². The molecule has 1 atom stereocenters. The summed E-state index contributed by atoms with van der Waals surface area (Å²) in [5.74, 6) is -0.267. The highest BCUT2D eigenvalue weighted by molar-refractivity contribution is 6.00. The monoisotopic (exact) mass is 436 g/mol. The average molecular weight is 436 g/mol.